The Balaban J connectivity index is 1.31. The van der Waals surface area contributed by atoms with E-state index in [9.17, 15) is 14.4 Å². The van der Waals surface area contributed by atoms with E-state index in [2.05, 4.69) is 11.4 Å². The molecule has 0 unspecified atom stereocenters. The summed E-state index contributed by atoms with van der Waals surface area (Å²) in [5.41, 5.74) is 6.07. The fraction of sp³-hybridized carbons (Fsp3) is 0.455. The molecular formula is C33H38N4O5. The molecule has 0 spiro atoms. The molecule has 3 aliphatic rings. The molecular weight excluding hydrogens is 532 g/mol. The number of esters is 1. The number of rotatable bonds is 4. The molecule has 3 aromatic rings. The lowest BCUT2D eigenvalue weighted by Gasteiger charge is -2.28. The lowest BCUT2D eigenvalue weighted by molar-refractivity contribution is -0.150. The average Bonchev–Trinajstić information content (AvgIpc) is 3.53. The van der Waals surface area contributed by atoms with Crippen LogP contribution in [0.25, 0.3) is 21.7 Å². The maximum absolute atomic E-state index is 13.9. The van der Waals surface area contributed by atoms with Crippen LogP contribution in [0.3, 0.4) is 0 Å². The highest BCUT2D eigenvalue weighted by molar-refractivity contribution is 6.07. The number of nitrogens with two attached hydrogens (primary N) is 1. The quantitative estimate of drug-likeness (QED) is 0.276. The van der Waals surface area contributed by atoms with E-state index < -0.39 is 35.6 Å². The van der Waals surface area contributed by atoms with Gasteiger partial charge in [0.25, 0.3) is 0 Å². The number of allylic oxidation sites excluding steroid dienone is 1. The van der Waals surface area contributed by atoms with Gasteiger partial charge in [0, 0.05) is 23.1 Å². The topological polar surface area (TPSA) is 124 Å². The van der Waals surface area contributed by atoms with Gasteiger partial charge in [-0.1, -0.05) is 61.4 Å². The number of fused-ring (bicyclic) bond motifs is 5. The minimum atomic E-state index is -1.12. The molecule has 0 radical (unpaired) electrons. The summed E-state index contributed by atoms with van der Waals surface area (Å²) in [5.74, 6) is -0.785. The van der Waals surface area contributed by atoms with Gasteiger partial charge in [0.2, 0.25) is 17.7 Å². The number of ether oxygens (including phenoxy) is 2. The fourth-order valence-corrected chi connectivity index (χ4v) is 6.41. The van der Waals surface area contributed by atoms with Gasteiger partial charge < -0.3 is 25.4 Å². The summed E-state index contributed by atoms with van der Waals surface area (Å²) in [5, 5.41) is 5.90. The maximum atomic E-state index is 13.9. The highest BCUT2D eigenvalue weighted by Gasteiger charge is 2.62. The second kappa shape index (κ2) is 11.7. The Morgan fingerprint density at radius 3 is 2.64 bits per heavy atom. The highest BCUT2D eigenvalue weighted by atomic mass is 16.5. The van der Waals surface area contributed by atoms with Crippen molar-refractivity contribution in [2.75, 3.05) is 13.2 Å². The zero-order valence-electron chi connectivity index (χ0n) is 24.0. The second-order valence-electron chi connectivity index (χ2n) is 11.6. The lowest BCUT2D eigenvalue weighted by atomic mass is 10.1. The van der Waals surface area contributed by atoms with Crippen LogP contribution in [0, 0.1) is 5.92 Å². The standard InChI is InChI=1S/C33H38N4O5/c1-2-41-32(40)33-19-21(33)12-6-4-3-5-7-16-26(34)31(39)37-20-22(18-28(37)29(38)36-33)42-30-25-15-9-8-13-23(25)24-14-10-11-17-27(24)35-30/h6,8-15,17,21-22,26,28H,2-5,7,16,18-20,34H2,1H3,(H,36,38)/b12-6-/t21-,22-,26+,28+,33-/m1/s1. The molecule has 5 atom stereocenters. The number of pyridine rings is 1. The van der Waals surface area contributed by atoms with Crippen LogP contribution in [0.4, 0.5) is 0 Å². The molecule has 3 N–H and O–H groups in total. The Hall–Kier alpha value is -3.98. The molecule has 2 amide bonds. The molecule has 9 heteroatoms. The van der Waals surface area contributed by atoms with Gasteiger partial charge in [0.1, 0.15) is 17.7 Å². The molecule has 1 aliphatic carbocycles. The Labute approximate surface area is 245 Å². The van der Waals surface area contributed by atoms with E-state index in [1.807, 2.05) is 54.6 Å². The third-order valence-electron chi connectivity index (χ3n) is 8.77. The van der Waals surface area contributed by atoms with Crippen LogP contribution in [-0.2, 0) is 19.1 Å². The Morgan fingerprint density at radius 2 is 1.83 bits per heavy atom. The van der Waals surface area contributed by atoms with Gasteiger partial charge in [-0.2, -0.15) is 0 Å². The number of nitrogens with one attached hydrogen (secondary N) is 1. The van der Waals surface area contributed by atoms with Crippen molar-refractivity contribution in [1.82, 2.24) is 15.2 Å². The number of para-hydroxylation sites is 1. The number of hydrogen-bond donors (Lipinski definition) is 2. The summed E-state index contributed by atoms with van der Waals surface area (Å²) in [6.45, 7) is 2.17. The first-order chi connectivity index (χ1) is 20.4. The largest absolute Gasteiger partial charge is 0.472 e. The van der Waals surface area contributed by atoms with Gasteiger partial charge in [-0.3, -0.25) is 9.59 Å². The van der Waals surface area contributed by atoms with Crippen LogP contribution >= 0.6 is 0 Å². The fourth-order valence-electron chi connectivity index (χ4n) is 6.41. The van der Waals surface area contributed by atoms with Gasteiger partial charge in [0.15, 0.2) is 0 Å². The third-order valence-corrected chi connectivity index (χ3v) is 8.77. The van der Waals surface area contributed by atoms with Crippen LogP contribution in [-0.4, -0.2) is 64.5 Å². The molecule has 1 saturated carbocycles. The summed E-state index contributed by atoms with van der Waals surface area (Å²) < 4.78 is 11.9. The molecule has 42 heavy (non-hydrogen) atoms. The minimum absolute atomic E-state index is 0.140. The number of benzene rings is 2. The van der Waals surface area contributed by atoms with E-state index in [-0.39, 0.29) is 31.4 Å². The molecule has 220 valence electrons. The van der Waals surface area contributed by atoms with Crippen LogP contribution < -0.4 is 15.8 Å². The van der Waals surface area contributed by atoms with Gasteiger partial charge in [0.05, 0.1) is 24.7 Å². The molecule has 0 bridgehead atoms. The van der Waals surface area contributed by atoms with Crippen molar-refractivity contribution in [2.45, 2.75) is 75.6 Å². The maximum Gasteiger partial charge on any atom is 0.332 e. The van der Waals surface area contributed by atoms with Crippen molar-refractivity contribution in [3.63, 3.8) is 0 Å². The molecule has 9 nitrogen and oxygen atoms in total. The zero-order chi connectivity index (χ0) is 29.3. The van der Waals surface area contributed by atoms with Gasteiger partial charge in [-0.15, -0.1) is 0 Å². The predicted octanol–water partition coefficient (Wildman–Crippen LogP) is 4.02. The monoisotopic (exact) mass is 570 g/mol. The van der Waals surface area contributed by atoms with Crippen LogP contribution in [0.5, 0.6) is 5.88 Å². The molecule has 2 fully saturated rings. The van der Waals surface area contributed by atoms with Gasteiger partial charge >= 0.3 is 5.97 Å². The first-order valence-electron chi connectivity index (χ1n) is 15.1. The third kappa shape index (κ3) is 5.33. The summed E-state index contributed by atoms with van der Waals surface area (Å²) in [4.78, 5) is 46.9. The normalized spacial score (nSPS) is 29.1. The Kier molecular flexibility index (Phi) is 7.86. The van der Waals surface area contributed by atoms with Crippen LogP contribution in [0.15, 0.2) is 60.7 Å². The predicted molar refractivity (Wildman–Crippen MR) is 160 cm³/mol. The molecule has 1 saturated heterocycles. The van der Waals surface area contributed by atoms with Crippen molar-refractivity contribution in [2.24, 2.45) is 11.7 Å². The summed E-state index contributed by atoms with van der Waals surface area (Å²) >= 11 is 0. The van der Waals surface area contributed by atoms with E-state index in [0.29, 0.717) is 18.7 Å². The van der Waals surface area contributed by atoms with E-state index in [0.717, 1.165) is 47.4 Å². The van der Waals surface area contributed by atoms with E-state index in [4.69, 9.17) is 20.2 Å². The molecule has 1 aromatic heterocycles. The zero-order valence-corrected chi connectivity index (χ0v) is 24.0. The lowest BCUT2D eigenvalue weighted by Crippen LogP contribution is -2.55. The van der Waals surface area contributed by atoms with Crippen molar-refractivity contribution < 1.29 is 23.9 Å². The SMILES string of the molecule is CCOC(=O)[C@@]12C[C@H]1/C=C\CCCCC[C@H](N)C(=O)N1C[C@H](Oc3nc4ccccc4c4ccccc34)C[C@H]1C(=O)N2. The summed E-state index contributed by atoms with van der Waals surface area (Å²) in [6, 6.07) is 14.3. The van der Waals surface area contributed by atoms with Crippen molar-refractivity contribution in [3.05, 3.63) is 60.7 Å². The molecule has 6 rings (SSSR count). The van der Waals surface area contributed by atoms with Crippen LogP contribution in [0.2, 0.25) is 0 Å². The number of carbonyl (C=O) groups excluding carboxylic acids is 3. The van der Waals surface area contributed by atoms with Gasteiger partial charge in [-0.05, 0) is 50.1 Å². The number of nitrogens with zero attached hydrogens (tertiary/aromatic N) is 2. The highest BCUT2D eigenvalue weighted by Crippen LogP contribution is 2.46. The van der Waals surface area contributed by atoms with Crippen molar-refractivity contribution in [1.29, 1.82) is 0 Å². The summed E-state index contributed by atoms with van der Waals surface area (Å²) in [7, 11) is 0. The average molecular weight is 571 g/mol. The first kappa shape index (κ1) is 28.2. The number of amides is 2. The number of carbonyl (C=O) groups is 3. The Morgan fingerprint density at radius 1 is 1.07 bits per heavy atom. The second-order valence-corrected chi connectivity index (χ2v) is 11.6. The minimum Gasteiger partial charge on any atom is -0.472 e. The number of hydrogen-bond acceptors (Lipinski definition) is 7. The van der Waals surface area contributed by atoms with Crippen LogP contribution in [0.1, 0.15) is 51.9 Å². The Bertz CT molecular complexity index is 1540. The summed E-state index contributed by atoms with van der Waals surface area (Å²) in [6.07, 6.45) is 8.51. The van der Waals surface area contributed by atoms with Crippen molar-refractivity contribution >= 4 is 39.5 Å². The van der Waals surface area contributed by atoms with Crippen molar-refractivity contribution in [3.8, 4) is 5.88 Å². The molecule has 2 aliphatic heterocycles. The van der Waals surface area contributed by atoms with E-state index in [1.54, 1.807) is 11.8 Å². The smallest absolute Gasteiger partial charge is 0.332 e. The molecule has 3 heterocycles. The number of aromatic nitrogens is 1. The van der Waals surface area contributed by atoms with E-state index >= 15 is 0 Å². The molecule has 2 aromatic carbocycles. The van der Waals surface area contributed by atoms with Gasteiger partial charge in [-0.25, -0.2) is 9.78 Å². The van der Waals surface area contributed by atoms with E-state index in [1.165, 1.54) is 0 Å². The first-order valence-corrected chi connectivity index (χ1v) is 15.1.